The summed E-state index contributed by atoms with van der Waals surface area (Å²) >= 11 is 13.3. The van der Waals surface area contributed by atoms with Gasteiger partial charge in [0.15, 0.2) is 0 Å². The molecule has 0 amide bonds. The van der Waals surface area contributed by atoms with Crippen molar-refractivity contribution in [2.45, 2.75) is 18.7 Å². The molecule has 0 aliphatic carbocycles. The first-order chi connectivity index (χ1) is 10.1. The fraction of sp³-hybridized carbons (Fsp3) is 0.286. The Morgan fingerprint density at radius 1 is 1.48 bits per heavy atom. The van der Waals surface area contributed by atoms with Crippen molar-refractivity contribution < 1.29 is 9.53 Å². The maximum atomic E-state index is 11.8. The van der Waals surface area contributed by atoms with E-state index in [2.05, 4.69) is 4.98 Å². The van der Waals surface area contributed by atoms with Crippen molar-refractivity contribution in [1.29, 1.82) is 0 Å². The number of halogens is 2. The van der Waals surface area contributed by atoms with E-state index in [0.717, 1.165) is 17.3 Å². The fourth-order valence-electron chi connectivity index (χ4n) is 1.82. The van der Waals surface area contributed by atoms with Crippen molar-refractivity contribution in [2.75, 3.05) is 6.61 Å². The summed E-state index contributed by atoms with van der Waals surface area (Å²) in [6.07, 6.45) is 5.22. The molecule has 1 aromatic heterocycles. The van der Waals surface area contributed by atoms with Crippen LogP contribution >= 0.6 is 35.0 Å². The summed E-state index contributed by atoms with van der Waals surface area (Å²) in [5, 5.41) is 0.590. The molecule has 0 radical (unpaired) electrons. The van der Waals surface area contributed by atoms with E-state index in [1.165, 1.54) is 0 Å². The number of aromatic nitrogens is 2. The second kappa shape index (κ2) is 7.73. The summed E-state index contributed by atoms with van der Waals surface area (Å²) in [4.78, 5) is 15.8. The van der Waals surface area contributed by atoms with Crippen molar-refractivity contribution in [3.63, 3.8) is 0 Å². The van der Waals surface area contributed by atoms with E-state index in [-0.39, 0.29) is 10.6 Å². The number of carbonyl (C=O) groups is 1. The van der Waals surface area contributed by atoms with Gasteiger partial charge < -0.3 is 9.30 Å². The van der Waals surface area contributed by atoms with Gasteiger partial charge in [0.25, 0.3) is 0 Å². The number of carbonyl (C=O) groups excluding carboxylic acids is 1. The zero-order valence-electron chi connectivity index (χ0n) is 11.3. The van der Waals surface area contributed by atoms with Crippen LogP contribution in [0.5, 0.6) is 0 Å². The number of thioether (sulfide) groups is 1. The van der Waals surface area contributed by atoms with Gasteiger partial charge in [0.05, 0.1) is 18.2 Å². The Balaban J connectivity index is 2.23. The molecule has 112 valence electrons. The van der Waals surface area contributed by atoms with Crippen LogP contribution in [0.2, 0.25) is 10.0 Å². The Kier molecular flexibility index (Phi) is 5.96. The highest BCUT2D eigenvalue weighted by atomic mass is 35.5. The number of nitrogens with zero attached hydrogens (tertiary/aromatic N) is 2. The number of rotatable bonds is 5. The van der Waals surface area contributed by atoms with Gasteiger partial charge in [0.1, 0.15) is 0 Å². The molecule has 1 heterocycles. The van der Waals surface area contributed by atoms with Crippen LogP contribution in [-0.4, -0.2) is 21.5 Å². The number of benzene rings is 1. The van der Waals surface area contributed by atoms with E-state index in [1.54, 1.807) is 31.6 Å². The third kappa shape index (κ3) is 4.66. The number of imidazole rings is 1. The van der Waals surface area contributed by atoms with E-state index < -0.39 is 0 Å². The molecule has 21 heavy (non-hydrogen) atoms. The molecule has 0 spiro atoms. The normalized spacial score (nSPS) is 12.1. The molecule has 1 atom stereocenters. The molecule has 0 N–H and O–H groups in total. The third-order valence-electron chi connectivity index (χ3n) is 2.75. The SMILES string of the molecule is CCOC(=O)SC(Cn1ccnc1)c1ccc(Cl)cc1Cl. The lowest BCUT2D eigenvalue weighted by Crippen LogP contribution is -2.09. The minimum atomic E-state index is -0.325. The van der Waals surface area contributed by atoms with Crippen molar-refractivity contribution >= 4 is 40.3 Å². The summed E-state index contributed by atoms with van der Waals surface area (Å²) in [5.41, 5.74) is 0.841. The topological polar surface area (TPSA) is 44.1 Å². The average Bonchev–Trinajstić information content (AvgIpc) is 2.91. The van der Waals surface area contributed by atoms with Gasteiger partial charge in [0.2, 0.25) is 0 Å². The van der Waals surface area contributed by atoms with E-state index in [0.29, 0.717) is 23.2 Å². The predicted molar refractivity (Wildman–Crippen MR) is 86.0 cm³/mol. The van der Waals surface area contributed by atoms with Gasteiger partial charge in [0, 0.05) is 29.0 Å². The maximum Gasteiger partial charge on any atom is 0.367 e. The van der Waals surface area contributed by atoms with Crippen LogP contribution in [-0.2, 0) is 11.3 Å². The highest BCUT2D eigenvalue weighted by Crippen LogP contribution is 2.37. The quantitative estimate of drug-likeness (QED) is 0.729. The molecule has 0 saturated heterocycles. The van der Waals surface area contributed by atoms with Crippen molar-refractivity contribution in [1.82, 2.24) is 9.55 Å². The van der Waals surface area contributed by atoms with Crippen LogP contribution in [0.25, 0.3) is 0 Å². The van der Waals surface area contributed by atoms with Crippen LogP contribution in [0.1, 0.15) is 17.7 Å². The van der Waals surface area contributed by atoms with Gasteiger partial charge in [-0.15, -0.1) is 0 Å². The molecular weight excluding hydrogens is 331 g/mol. The lowest BCUT2D eigenvalue weighted by molar-refractivity contribution is 0.181. The molecule has 0 saturated carbocycles. The van der Waals surface area contributed by atoms with Gasteiger partial charge in [-0.05, 0) is 36.4 Å². The van der Waals surface area contributed by atoms with Gasteiger partial charge >= 0.3 is 5.30 Å². The zero-order chi connectivity index (χ0) is 15.2. The Morgan fingerprint density at radius 3 is 2.90 bits per heavy atom. The molecule has 1 aromatic carbocycles. The Morgan fingerprint density at radius 2 is 2.29 bits per heavy atom. The fourth-order valence-corrected chi connectivity index (χ4v) is 3.42. The summed E-state index contributed by atoms with van der Waals surface area (Å²) in [7, 11) is 0. The second-order valence-corrected chi connectivity index (χ2v) is 6.20. The molecular formula is C14H14Cl2N2O2S. The molecule has 1 unspecified atom stereocenters. The second-order valence-electron chi connectivity index (χ2n) is 4.21. The van der Waals surface area contributed by atoms with Crippen LogP contribution in [0.15, 0.2) is 36.9 Å². The van der Waals surface area contributed by atoms with E-state index in [9.17, 15) is 4.79 Å². The summed E-state index contributed by atoms with van der Waals surface area (Å²) in [6, 6.07) is 5.26. The lowest BCUT2D eigenvalue weighted by atomic mass is 10.1. The number of ether oxygens (including phenoxy) is 1. The minimum Gasteiger partial charge on any atom is -0.458 e. The highest BCUT2D eigenvalue weighted by Gasteiger charge is 2.21. The number of hydrogen-bond acceptors (Lipinski definition) is 4. The van der Waals surface area contributed by atoms with Gasteiger partial charge in [-0.3, -0.25) is 0 Å². The van der Waals surface area contributed by atoms with E-state index in [1.807, 2.05) is 16.8 Å². The zero-order valence-corrected chi connectivity index (χ0v) is 13.7. The summed E-state index contributed by atoms with van der Waals surface area (Å²) in [5.74, 6) is 0. The largest absolute Gasteiger partial charge is 0.458 e. The van der Waals surface area contributed by atoms with E-state index >= 15 is 0 Å². The predicted octanol–water partition coefficient (Wildman–Crippen LogP) is 4.82. The number of hydrogen-bond donors (Lipinski definition) is 0. The Hall–Kier alpha value is -1.17. The van der Waals surface area contributed by atoms with Crippen LogP contribution < -0.4 is 0 Å². The first-order valence-corrected chi connectivity index (χ1v) is 7.97. The van der Waals surface area contributed by atoms with Gasteiger partial charge in [-0.1, -0.05) is 29.3 Å². The molecule has 7 heteroatoms. The molecule has 2 rings (SSSR count). The van der Waals surface area contributed by atoms with Gasteiger partial charge in [-0.2, -0.15) is 0 Å². The summed E-state index contributed by atoms with van der Waals surface area (Å²) in [6.45, 7) is 2.68. The third-order valence-corrected chi connectivity index (χ3v) is 4.31. The first kappa shape index (κ1) is 16.2. The Bertz CT molecular complexity index is 605. The van der Waals surface area contributed by atoms with E-state index in [4.69, 9.17) is 27.9 Å². The van der Waals surface area contributed by atoms with Crippen LogP contribution in [0.4, 0.5) is 4.79 Å². The average molecular weight is 345 g/mol. The minimum absolute atomic E-state index is 0.178. The van der Waals surface area contributed by atoms with Crippen molar-refractivity contribution in [3.05, 3.63) is 52.5 Å². The van der Waals surface area contributed by atoms with Gasteiger partial charge in [-0.25, -0.2) is 9.78 Å². The maximum absolute atomic E-state index is 11.8. The van der Waals surface area contributed by atoms with Crippen molar-refractivity contribution in [2.24, 2.45) is 0 Å². The van der Waals surface area contributed by atoms with Crippen molar-refractivity contribution in [3.8, 4) is 0 Å². The molecule has 2 aromatic rings. The molecule has 4 nitrogen and oxygen atoms in total. The molecule has 0 bridgehead atoms. The highest BCUT2D eigenvalue weighted by molar-refractivity contribution is 8.13. The first-order valence-electron chi connectivity index (χ1n) is 6.34. The molecule has 0 fully saturated rings. The molecule has 0 aliphatic rings. The summed E-state index contributed by atoms with van der Waals surface area (Å²) < 4.78 is 6.90. The smallest absolute Gasteiger partial charge is 0.367 e. The van der Waals surface area contributed by atoms with Crippen LogP contribution in [0.3, 0.4) is 0 Å². The Labute approximate surface area is 137 Å². The lowest BCUT2D eigenvalue weighted by Gasteiger charge is -2.18. The molecule has 0 aliphatic heterocycles. The monoisotopic (exact) mass is 344 g/mol. The standard InChI is InChI=1S/C14H14Cl2N2O2S/c1-2-20-14(19)21-13(8-18-6-5-17-9-18)11-4-3-10(15)7-12(11)16/h3-7,9,13H,2,8H2,1H3. The van der Waals surface area contributed by atoms with Crippen LogP contribution in [0, 0.1) is 0 Å².